The van der Waals surface area contributed by atoms with Gasteiger partial charge in [-0.05, 0) is 24.6 Å². The molecule has 0 aliphatic rings. The number of rotatable bonds is 5. The van der Waals surface area contributed by atoms with Gasteiger partial charge in [0.05, 0.1) is 12.5 Å². The van der Waals surface area contributed by atoms with E-state index in [2.05, 4.69) is 10.3 Å². The number of carboxylic acid groups (broad SMARTS) is 1. The Morgan fingerprint density at radius 3 is 2.47 bits per heavy atom. The molecule has 1 aromatic rings. The van der Waals surface area contributed by atoms with Gasteiger partial charge in [0.15, 0.2) is 6.04 Å². The van der Waals surface area contributed by atoms with Crippen LogP contribution in [0.25, 0.3) is 0 Å². The van der Waals surface area contributed by atoms with Crippen LogP contribution >= 0.6 is 0 Å². The van der Waals surface area contributed by atoms with Crippen molar-refractivity contribution in [3.63, 3.8) is 0 Å². The van der Waals surface area contributed by atoms with Crippen LogP contribution in [0.1, 0.15) is 12.5 Å². The van der Waals surface area contributed by atoms with Crippen LogP contribution in [0.5, 0.6) is 0 Å². The van der Waals surface area contributed by atoms with Crippen LogP contribution in [0.3, 0.4) is 0 Å². The number of nitrogens with one attached hydrogen (secondary N) is 1. The number of amides is 1. The highest BCUT2D eigenvalue weighted by Crippen LogP contribution is 1.99. The molecule has 0 unspecified atom stereocenters. The molecular weight excluding hydrogens is 224 g/mol. The summed E-state index contributed by atoms with van der Waals surface area (Å²) in [6, 6.07) is 2.04. The van der Waals surface area contributed by atoms with Crippen LogP contribution in [-0.2, 0) is 16.0 Å². The molecule has 0 aliphatic heterocycles. The summed E-state index contributed by atoms with van der Waals surface area (Å²) < 4.78 is 0. The molecule has 3 N–H and O–H groups in total. The van der Waals surface area contributed by atoms with Crippen molar-refractivity contribution in [3.05, 3.63) is 30.1 Å². The molecule has 0 radical (unpaired) electrons. The molecule has 0 saturated heterocycles. The minimum Gasteiger partial charge on any atom is -0.480 e. The number of carbonyl (C=O) groups excluding carboxylic acids is 1. The number of pyridine rings is 1. The Kier molecular flexibility index (Phi) is 4.59. The summed E-state index contributed by atoms with van der Waals surface area (Å²) in [4.78, 5) is 26.1. The van der Waals surface area contributed by atoms with Crippen LogP contribution in [0.2, 0.25) is 0 Å². The molecule has 1 rings (SSSR count). The summed E-state index contributed by atoms with van der Waals surface area (Å²) in [6.45, 7) is 1.31. The van der Waals surface area contributed by atoms with Crippen LogP contribution in [0.15, 0.2) is 24.5 Å². The fraction of sp³-hybridized carbons (Fsp3) is 0.364. The van der Waals surface area contributed by atoms with Gasteiger partial charge in [0.25, 0.3) is 0 Å². The molecule has 2 atom stereocenters. The van der Waals surface area contributed by atoms with Crippen LogP contribution in [0.4, 0.5) is 0 Å². The topological polar surface area (TPSA) is 99.5 Å². The molecule has 1 heterocycles. The summed E-state index contributed by atoms with van der Waals surface area (Å²) in [6.07, 6.45) is 2.01. The predicted molar refractivity (Wildman–Crippen MR) is 59.2 cm³/mol. The zero-order valence-electron chi connectivity index (χ0n) is 9.33. The SMILES string of the molecule is C[C@@H](O)[C@H](NC(=O)Cc1ccncc1)C(=O)O. The van der Waals surface area contributed by atoms with E-state index in [0.29, 0.717) is 0 Å². The number of nitrogens with zero attached hydrogens (tertiary/aromatic N) is 1. The van der Waals surface area contributed by atoms with Crippen molar-refractivity contribution >= 4 is 11.9 Å². The molecule has 0 bridgehead atoms. The van der Waals surface area contributed by atoms with Gasteiger partial charge in [0.2, 0.25) is 5.91 Å². The fourth-order valence-electron chi connectivity index (χ4n) is 1.30. The van der Waals surface area contributed by atoms with Crippen molar-refractivity contribution in [2.24, 2.45) is 0 Å². The number of hydrogen-bond acceptors (Lipinski definition) is 4. The van der Waals surface area contributed by atoms with Crippen LogP contribution in [0, 0.1) is 0 Å². The Hall–Kier alpha value is -1.95. The van der Waals surface area contributed by atoms with Gasteiger partial charge in [-0.15, -0.1) is 0 Å². The molecule has 17 heavy (non-hydrogen) atoms. The maximum absolute atomic E-state index is 11.5. The maximum atomic E-state index is 11.5. The number of aliphatic hydroxyl groups is 1. The van der Waals surface area contributed by atoms with E-state index in [4.69, 9.17) is 5.11 Å². The molecule has 1 aromatic heterocycles. The van der Waals surface area contributed by atoms with Crippen molar-refractivity contribution in [1.82, 2.24) is 10.3 Å². The Morgan fingerprint density at radius 2 is 2.00 bits per heavy atom. The fourth-order valence-corrected chi connectivity index (χ4v) is 1.30. The highest BCUT2D eigenvalue weighted by Gasteiger charge is 2.24. The molecular formula is C11H14N2O4. The third-order valence-electron chi connectivity index (χ3n) is 2.18. The van der Waals surface area contributed by atoms with Gasteiger partial charge in [-0.1, -0.05) is 0 Å². The largest absolute Gasteiger partial charge is 0.480 e. The summed E-state index contributed by atoms with van der Waals surface area (Å²) in [5.41, 5.74) is 0.729. The average Bonchev–Trinajstić information content (AvgIpc) is 2.26. The molecule has 0 saturated carbocycles. The molecule has 0 aromatic carbocycles. The number of carbonyl (C=O) groups is 2. The van der Waals surface area contributed by atoms with Gasteiger partial charge < -0.3 is 15.5 Å². The molecule has 0 spiro atoms. The number of aliphatic carboxylic acids is 1. The lowest BCUT2D eigenvalue weighted by Gasteiger charge is -2.16. The van der Waals surface area contributed by atoms with Crippen molar-refractivity contribution in [1.29, 1.82) is 0 Å². The lowest BCUT2D eigenvalue weighted by molar-refractivity contribution is -0.144. The van der Waals surface area contributed by atoms with Crippen molar-refractivity contribution < 1.29 is 19.8 Å². The Bertz CT molecular complexity index is 392. The molecule has 6 heteroatoms. The number of hydrogen-bond donors (Lipinski definition) is 3. The van der Waals surface area contributed by atoms with E-state index in [-0.39, 0.29) is 6.42 Å². The highest BCUT2D eigenvalue weighted by atomic mass is 16.4. The molecule has 0 aliphatic carbocycles. The zero-order chi connectivity index (χ0) is 12.8. The predicted octanol–water partition coefficient (Wildman–Crippen LogP) is -0.426. The Morgan fingerprint density at radius 1 is 1.41 bits per heavy atom. The first-order valence-corrected chi connectivity index (χ1v) is 5.10. The van der Waals surface area contributed by atoms with Gasteiger partial charge in [-0.3, -0.25) is 9.78 Å². The zero-order valence-corrected chi connectivity index (χ0v) is 9.33. The average molecular weight is 238 g/mol. The first-order valence-electron chi connectivity index (χ1n) is 5.10. The van der Waals surface area contributed by atoms with Gasteiger partial charge in [0.1, 0.15) is 0 Å². The second-order valence-electron chi connectivity index (χ2n) is 3.66. The first-order chi connectivity index (χ1) is 8.00. The van der Waals surface area contributed by atoms with Gasteiger partial charge in [-0.25, -0.2) is 4.79 Å². The van der Waals surface area contributed by atoms with E-state index in [0.717, 1.165) is 5.56 Å². The molecule has 6 nitrogen and oxygen atoms in total. The number of carboxylic acids is 1. The van der Waals surface area contributed by atoms with E-state index < -0.39 is 24.0 Å². The minimum absolute atomic E-state index is 0.0546. The van der Waals surface area contributed by atoms with Crippen molar-refractivity contribution in [2.45, 2.75) is 25.5 Å². The van der Waals surface area contributed by atoms with Gasteiger partial charge in [-0.2, -0.15) is 0 Å². The minimum atomic E-state index is -1.29. The summed E-state index contributed by atoms with van der Waals surface area (Å²) in [5, 5.41) is 20.2. The smallest absolute Gasteiger partial charge is 0.328 e. The number of aromatic nitrogens is 1. The van der Waals surface area contributed by atoms with E-state index in [1.54, 1.807) is 24.5 Å². The molecule has 0 fully saturated rings. The lowest BCUT2D eigenvalue weighted by atomic mass is 10.1. The molecule has 92 valence electrons. The first kappa shape index (κ1) is 13.1. The standard InChI is InChI=1S/C11H14N2O4/c1-7(14)10(11(16)17)13-9(15)6-8-2-4-12-5-3-8/h2-5,7,10,14H,6H2,1H3,(H,13,15)(H,16,17)/t7-,10+/m1/s1. The Balaban J connectivity index is 2.57. The third kappa shape index (κ3) is 4.20. The highest BCUT2D eigenvalue weighted by molar-refractivity contribution is 5.85. The number of aliphatic hydroxyl groups excluding tert-OH is 1. The summed E-state index contributed by atoms with van der Waals surface area (Å²) >= 11 is 0. The normalized spacial score (nSPS) is 13.8. The van der Waals surface area contributed by atoms with E-state index >= 15 is 0 Å². The maximum Gasteiger partial charge on any atom is 0.328 e. The quantitative estimate of drug-likeness (QED) is 0.646. The van der Waals surface area contributed by atoms with Gasteiger partial charge >= 0.3 is 5.97 Å². The van der Waals surface area contributed by atoms with E-state index in [9.17, 15) is 14.7 Å². The van der Waals surface area contributed by atoms with Crippen molar-refractivity contribution in [3.8, 4) is 0 Å². The summed E-state index contributed by atoms with van der Waals surface area (Å²) in [7, 11) is 0. The van der Waals surface area contributed by atoms with Gasteiger partial charge in [0, 0.05) is 12.4 Å². The Labute approximate surface area is 98.3 Å². The van der Waals surface area contributed by atoms with Crippen LogP contribution in [-0.4, -0.2) is 39.2 Å². The van der Waals surface area contributed by atoms with Crippen LogP contribution < -0.4 is 5.32 Å². The monoisotopic (exact) mass is 238 g/mol. The second kappa shape index (κ2) is 5.95. The lowest BCUT2D eigenvalue weighted by Crippen LogP contribution is -2.48. The van der Waals surface area contributed by atoms with E-state index in [1.165, 1.54) is 6.92 Å². The summed E-state index contributed by atoms with van der Waals surface area (Å²) in [5.74, 6) is -1.72. The molecule has 1 amide bonds. The second-order valence-corrected chi connectivity index (χ2v) is 3.66. The van der Waals surface area contributed by atoms with E-state index in [1.807, 2.05) is 0 Å². The third-order valence-corrected chi connectivity index (χ3v) is 2.18. The van der Waals surface area contributed by atoms with Crippen molar-refractivity contribution in [2.75, 3.05) is 0 Å².